The number of benzene rings is 1. The van der Waals surface area contributed by atoms with E-state index >= 15 is 0 Å². The molecule has 1 amide bonds. The number of rotatable bonds is 7. The average Bonchev–Trinajstić information content (AvgIpc) is 3.10. The van der Waals surface area contributed by atoms with Crippen LogP contribution in [0.1, 0.15) is 58.3 Å². The molecule has 3 rings (SSSR count). The van der Waals surface area contributed by atoms with Gasteiger partial charge in [0.25, 0.3) is 5.91 Å². The zero-order chi connectivity index (χ0) is 18.4. The van der Waals surface area contributed by atoms with E-state index in [9.17, 15) is 9.59 Å². The zero-order valence-electron chi connectivity index (χ0n) is 15.3. The number of amides is 1. The Hall–Kier alpha value is -2.24. The minimum atomic E-state index is -0.831. The molecule has 0 radical (unpaired) electrons. The molecule has 142 valence electrons. The van der Waals surface area contributed by atoms with E-state index < -0.39 is 6.10 Å². The fraction of sp³-hybridized carbons (Fsp3) is 0.600. The van der Waals surface area contributed by atoms with E-state index in [-0.39, 0.29) is 18.7 Å². The largest absolute Gasteiger partial charge is 0.454 e. The Labute approximate surface area is 154 Å². The van der Waals surface area contributed by atoms with Crippen LogP contribution in [0.4, 0.5) is 5.69 Å². The van der Waals surface area contributed by atoms with Crippen molar-refractivity contribution in [2.45, 2.75) is 64.4 Å². The molecule has 26 heavy (non-hydrogen) atoms. The highest BCUT2D eigenvalue weighted by Gasteiger charge is 2.20. The van der Waals surface area contributed by atoms with Gasteiger partial charge in [-0.15, -0.1) is 0 Å². The fourth-order valence-electron chi connectivity index (χ4n) is 3.54. The summed E-state index contributed by atoms with van der Waals surface area (Å²) in [5.74, 6) is 1.33. The summed E-state index contributed by atoms with van der Waals surface area (Å²) in [6.45, 7) is 1.77. The molecular formula is C20H27NO5. The van der Waals surface area contributed by atoms with E-state index in [0.29, 0.717) is 23.6 Å². The van der Waals surface area contributed by atoms with Crippen LogP contribution in [-0.4, -0.2) is 24.8 Å². The smallest absolute Gasteiger partial charge is 0.306 e. The number of esters is 1. The van der Waals surface area contributed by atoms with Crippen LogP contribution in [0.5, 0.6) is 11.5 Å². The van der Waals surface area contributed by atoms with Gasteiger partial charge in [-0.25, -0.2) is 0 Å². The highest BCUT2D eigenvalue weighted by atomic mass is 16.7. The first-order valence-electron chi connectivity index (χ1n) is 9.52. The van der Waals surface area contributed by atoms with Crippen LogP contribution in [0, 0.1) is 5.92 Å². The zero-order valence-corrected chi connectivity index (χ0v) is 15.3. The lowest BCUT2D eigenvalue weighted by Gasteiger charge is -2.21. The Balaban J connectivity index is 1.38. The Morgan fingerprint density at radius 2 is 1.96 bits per heavy atom. The molecule has 1 N–H and O–H groups in total. The Bertz CT molecular complexity index is 639. The molecular weight excluding hydrogens is 334 g/mol. The van der Waals surface area contributed by atoms with Crippen molar-refractivity contribution in [2.75, 3.05) is 12.1 Å². The quantitative estimate of drug-likeness (QED) is 0.742. The van der Waals surface area contributed by atoms with E-state index in [0.717, 1.165) is 18.8 Å². The van der Waals surface area contributed by atoms with Gasteiger partial charge in [0.2, 0.25) is 6.79 Å². The van der Waals surface area contributed by atoms with Crippen molar-refractivity contribution in [3.05, 3.63) is 18.2 Å². The van der Waals surface area contributed by atoms with Gasteiger partial charge in [-0.1, -0.05) is 32.1 Å². The number of carbonyl (C=O) groups excluding carboxylic acids is 2. The summed E-state index contributed by atoms with van der Waals surface area (Å²) >= 11 is 0. The summed E-state index contributed by atoms with van der Waals surface area (Å²) in [6, 6.07) is 5.16. The number of hydrogen-bond acceptors (Lipinski definition) is 5. The molecule has 0 saturated heterocycles. The van der Waals surface area contributed by atoms with Crippen molar-refractivity contribution in [3.8, 4) is 11.5 Å². The van der Waals surface area contributed by atoms with Crippen molar-refractivity contribution >= 4 is 17.6 Å². The molecule has 1 saturated carbocycles. The molecule has 1 aliphatic heterocycles. The lowest BCUT2D eigenvalue weighted by Crippen LogP contribution is -2.29. The molecule has 2 aliphatic rings. The first kappa shape index (κ1) is 18.5. The number of nitrogens with one attached hydrogen (secondary N) is 1. The van der Waals surface area contributed by atoms with Crippen LogP contribution in [-0.2, 0) is 14.3 Å². The molecule has 6 nitrogen and oxygen atoms in total. The standard InChI is InChI=1S/C20H27NO5/c1-14(26-19(22)9-5-8-15-6-3-2-4-7-15)20(23)21-16-10-11-17-18(12-16)25-13-24-17/h10-12,14-15H,2-9,13H2,1H3,(H,21,23)/t14-/m1/s1. The molecule has 0 unspecified atom stereocenters. The molecule has 0 bridgehead atoms. The van der Waals surface area contributed by atoms with Crippen molar-refractivity contribution < 1.29 is 23.8 Å². The third-order valence-corrected chi connectivity index (χ3v) is 5.04. The summed E-state index contributed by atoms with van der Waals surface area (Å²) in [5.41, 5.74) is 0.583. The molecule has 1 fully saturated rings. The average molecular weight is 361 g/mol. The second kappa shape index (κ2) is 8.92. The highest BCUT2D eigenvalue weighted by molar-refractivity contribution is 5.95. The van der Waals surface area contributed by atoms with Gasteiger partial charge in [-0.05, 0) is 37.8 Å². The predicted octanol–water partition coefficient (Wildman–Crippen LogP) is 4.04. The molecule has 0 aromatic heterocycles. The molecule has 1 aliphatic carbocycles. The lowest BCUT2D eigenvalue weighted by molar-refractivity contribution is -0.153. The molecule has 1 aromatic carbocycles. The molecule has 6 heteroatoms. The molecule has 0 spiro atoms. The third kappa shape index (κ3) is 5.13. The van der Waals surface area contributed by atoms with Crippen LogP contribution in [0.2, 0.25) is 0 Å². The van der Waals surface area contributed by atoms with Gasteiger partial charge in [-0.2, -0.15) is 0 Å². The van der Waals surface area contributed by atoms with E-state index in [2.05, 4.69) is 5.32 Å². The minimum Gasteiger partial charge on any atom is -0.454 e. The van der Waals surface area contributed by atoms with Gasteiger partial charge < -0.3 is 19.5 Å². The fourth-order valence-corrected chi connectivity index (χ4v) is 3.54. The van der Waals surface area contributed by atoms with Gasteiger partial charge in [0.05, 0.1) is 0 Å². The maximum Gasteiger partial charge on any atom is 0.306 e. The summed E-state index contributed by atoms with van der Waals surface area (Å²) in [7, 11) is 0. The van der Waals surface area contributed by atoms with E-state index in [4.69, 9.17) is 14.2 Å². The van der Waals surface area contributed by atoms with Gasteiger partial charge in [0, 0.05) is 18.2 Å². The Kier molecular flexibility index (Phi) is 6.36. The van der Waals surface area contributed by atoms with E-state index in [1.807, 2.05) is 0 Å². The van der Waals surface area contributed by atoms with Crippen LogP contribution in [0.15, 0.2) is 18.2 Å². The van der Waals surface area contributed by atoms with Gasteiger partial charge in [0.1, 0.15) is 0 Å². The third-order valence-electron chi connectivity index (χ3n) is 5.04. The number of fused-ring (bicyclic) bond motifs is 1. The van der Waals surface area contributed by atoms with Crippen molar-refractivity contribution in [1.82, 2.24) is 0 Å². The maximum atomic E-state index is 12.2. The molecule has 1 atom stereocenters. The first-order valence-corrected chi connectivity index (χ1v) is 9.52. The SMILES string of the molecule is C[C@@H](OC(=O)CCCC1CCCCC1)C(=O)Nc1ccc2c(c1)OCO2. The summed E-state index contributed by atoms with van der Waals surface area (Å²) in [6.07, 6.45) is 7.98. The highest BCUT2D eigenvalue weighted by Crippen LogP contribution is 2.34. The normalized spacial score (nSPS) is 17.6. The van der Waals surface area contributed by atoms with Crippen LogP contribution in [0.25, 0.3) is 0 Å². The lowest BCUT2D eigenvalue weighted by atomic mass is 9.86. The summed E-state index contributed by atoms with van der Waals surface area (Å²) < 4.78 is 15.8. The van der Waals surface area contributed by atoms with Gasteiger partial charge >= 0.3 is 5.97 Å². The van der Waals surface area contributed by atoms with Crippen molar-refractivity contribution in [2.24, 2.45) is 5.92 Å². The summed E-state index contributed by atoms with van der Waals surface area (Å²) in [4.78, 5) is 24.2. The van der Waals surface area contributed by atoms with Crippen molar-refractivity contribution in [3.63, 3.8) is 0 Å². The topological polar surface area (TPSA) is 73.9 Å². The van der Waals surface area contributed by atoms with Gasteiger partial charge in [-0.3, -0.25) is 9.59 Å². The van der Waals surface area contributed by atoms with Crippen molar-refractivity contribution in [1.29, 1.82) is 0 Å². The molecule has 1 heterocycles. The Morgan fingerprint density at radius 1 is 1.19 bits per heavy atom. The van der Waals surface area contributed by atoms with Crippen LogP contribution < -0.4 is 14.8 Å². The maximum absolute atomic E-state index is 12.2. The first-order chi connectivity index (χ1) is 12.6. The Morgan fingerprint density at radius 3 is 2.77 bits per heavy atom. The predicted molar refractivity (Wildman–Crippen MR) is 97.2 cm³/mol. The number of carbonyl (C=O) groups is 2. The molecule has 1 aromatic rings. The van der Waals surface area contributed by atoms with Crippen LogP contribution in [0.3, 0.4) is 0 Å². The minimum absolute atomic E-state index is 0.182. The number of anilines is 1. The van der Waals surface area contributed by atoms with E-state index in [1.165, 1.54) is 32.1 Å². The number of ether oxygens (including phenoxy) is 3. The number of hydrogen-bond donors (Lipinski definition) is 1. The monoisotopic (exact) mass is 361 g/mol. The van der Waals surface area contributed by atoms with Gasteiger partial charge in [0.15, 0.2) is 17.6 Å². The summed E-state index contributed by atoms with van der Waals surface area (Å²) in [5, 5.41) is 2.73. The van der Waals surface area contributed by atoms with Crippen LogP contribution >= 0.6 is 0 Å². The van der Waals surface area contributed by atoms with E-state index in [1.54, 1.807) is 25.1 Å². The second-order valence-corrected chi connectivity index (χ2v) is 7.09. The second-order valence-electron chi connectivity index (χ2n) is 7.09.